The summed E-state index contributed by atoms with van der Waals surface area (Å²) >= 11 is 0. The molecule has 3 fully saturated rings. The lowest BCUT2D eigenvalue weighted by Crippen LogP contribution is -2.46. The predicted molar refractivity (Wildman–Crippen MR) is 73.2 cm³/mol. The number of cyclic esters (lactones) is 1. The molecule has 1 atom stereocenters. The predicted octanol–water partition coefficient (Wildman–Crippen LogP) is 0.429. The van der Waals surface area contributed by atoms with Gasteiger partial charge in [-0.1, -0.05) is 0 Å². The van der Waals surface area contributed by atoms with Crippen molar-refractivity contribution >= 4 is 12.0 Å². The van der Waals surface area contributed by atoms with Gasteiger partial charge in [0.25, 0.3) is 0 Å². The maximum Gasteiger partial charge on any atom is 0.416 e. The van der Waals surface area contributed by atoms with Crippen molar-refractivity contribution in [2.45, 2.75) is 31.7 Å². The van der Waals surface area contributed by atoms with Gasteiger partial charge in [-0.3, -0.25) is 9.69 Å². The summed E-state index contributed by atoms with van der Waals surface area (Å²) in [5.74, 6) is 0.630. The molecular weight excluding hydrogens is 258 g/mol. The number of likely N-dealkylation sites (tertiary alicyclic amines) is 1. The minimum Gasteiger partial charge on any atom is -0.447 e. The van der Waals surface area contributed by atoms with E-state index in [1.807, 2.05) is 0 Å². The Morgan fingerprint density at radius 1 is 1.25 bits per heavy atom. The van der Waals surface area contributed by atoms with E-state index in [1.54, 1.807) is 0 Å². The molecule has 0 spiro atoms. The fourth-order valence-electron chi connectivity index (χ4n) is 3.52. The zero-order valence-corrected chi connectivity index (χ0v) is 11.8. The number of amides is 2. The summed E-state index contributed by atoms with van der Waals surface area (Å²) in [4.78, 5) is 26.8. The van der Waals surface area contributed by atoms with Crippen molar-refractivity contribution < 1.29 is 14.3 Å². The standard InChI is InChI=1S/C14H23N3O3/c18-13(17-8-9-20-14(17)19)10-16-6-3-11(4-7-16)12-2-1-5-15-12/h11-12,15H,1-10H2. The summed E-state index contributed by atoms with van der Waals surface area (Å²) in [6.07, 6.45) is 4.40. The minimum atomic E-state index is -0.486. The Bertz CT molecular complexity index is 374. The molecule has 0 aromatic heterocycles. The van der Waals surface area contributed by atoms with Crippen molar-refractivity contribution in [3.05, 3.63) is 0 Å². The SMILES string of the molecule is O=C(CN1CCC(C2CCCN2)CC1)N1CCOC1=O. The molecule has 3 aliphatic rings. The van der Waals surface area contributed by atoms with E-state index >= 15 is 0 Å². The molecule has 20 heavy (non-hydrogen) atoms. The van der Waals surface area contributed by atoms with Crippen LogP contribution in [0.5, 0.6) is 0 Å². The summed E-state index contributed by atoms with van der Waals surface area (Å²) in [5.41, 5.74) is 0. The highest BCUT2D eigenvalue weighted by molar-refractivity contribution is 5.94. The summed E-state index contributed by atoms with van der Waals surface area (Å²) in [6.45, 7) is 4.15. The van der Waals surface area contributed by atoms with Crippen LogP contribution in [-0.4, -0.2) is 67.2 Å². The molecule has 6 nitrogen and oxygen atoms in total. The molecular formula is C14H23N3O3. The largest absolute Gasteiger partial charge is 0.447 e. The molecule has 3 saturated heterocycles. The Hall–Kier alpha value is -1.14. The summed E-state index contributed by atoms with van der Waals surface area (Å²) in [7, 11) is 0. The second-order valence-corrected chi connectivity index (χ2v) is 5.98. The molecule has 1 N–H and O–H groups in total. The number of imide groups is 1. The molecule has 0 saturated carbocycles. The van der Waals surface area contributed by atoms with E-state index in [2.05, 4.69) is 10.2 Å². The number of nitrogens with zero attached hydrogens (tertiary/aromatic N) is 2. The van der Waals surface area contributed by atoms with Crippen LogP contribution in [0.3, 0.4) is 0 Å². The van der Waals surface area contributed by atoms with Gasteiger partial charge in [0.15, 0.2) is 0 Å². The number of carbonyl (C=O) groups excluding carboxylic acids is 2. The first kappa shape index (κ1) is 13.8. The number of hydrogen-bond donors (Lipinski definition) is 1. The van der Waals surface area contributed by atoms with Gasteiger partial charge >= 0.3 is 6.09 Å². The average molecular weight is 281 g/mol. The van der Waals surface area contributed by atoms with Gasteiger partial charge in [-0.05, 0) is 51.2 Å². The third-order valence-electron chi connectivity index (χ3n) is 4.72. The second-order valence-electron chi connectivity index (χ2n) is 5.98. The number of hydrogen-bond acceptors (Lipinski definition) is 5. The third kappa shape index (κ3) is 2.96. The summed E-state index contributed by atoms with van der Waals surface area (Å²) in [6, 6.07) is 0.682. The van der Waals surface area contributed by atoms with Crippen LogP contribution in [0.1, 0.15) is 25.7 Å². The van der Waals surface area contributed by atoms with Crippen LogP contribution in [-0.2, 0) is 9.53 Å². The molecule has 3 rings (SSSR count). The molecule has 3 aliphatic heterocycles. The lowest BCUT2D eigenvalue weighted by molar-refractivity contribution is -0.129. The van der Waals surface area contributed by atoms with Crippen LogP contribution in [0.25, 0.3) is 0 Å². The molecule has 0 bridgehead atoms. The topological polar surface area (TPSA) is 61.9 Å². The smallest absolute Gasteiger partial charge is 0.416 e. The van der Waals surface area contributed by atoms with Crippen LogP contribution in [0.4, 0.5) is 4.79 Å². The molecule has 0 radical (unpaired) electrons. The van der Waals surface area contributed by atoms with Crippen molar-refractivity contribution in [2.24, 2.45) is 5.92 Å². The van der Waals surface area contributed by atoms with Gasteiger partial charge in [0.05, 0.1) is 13.1 Å². The first-order valence-corrected chi connectivity index (χ1v) is 7.67. The van der Waals surface area contributed by atoms with Gasteiger partial charge in [0.1, 0.15) is 6.61 Å². The van der Waals surface area contributed by atoms with Gasteiger partial charge in [-0.2, -0.15) is 0 Å². The fourth-order valence-corrected chi connectivity index (χ4v) is 3.52. The van der Waals surface area contributed by atoms with Gasteiger partial charge < -0.3 is 10.1 Å². The Morgan fingerprint density at radius 3 is 2.65 bits per heavy atom. The van der Waals surface area contributed by atoms with Gasteiger partial charge in [-0.15, -0.1) is 0 Å². The van der Waals surface area contributed by atoms with Crippen LogP contribution in [0.15, 0.2) is 0 Å². The Balaban J connectivity index is 1.44. The lowest BCUT2D eigenvalue weighted by Gasteiger charge is -2.34. The zero-order chi connectivity index (χ0) is 13.9. The van der Waals surface area contributed by atoms with Crippen LogP contribution < -0.4 is 5.32 Å². The first-order valence-electron chi connectivity index (χ1n) is 7.67. The average Bonchev–Trinajstić information content (AvgIpc) is 3.10. The van der Waals surface area contributed by atoms with Crippen molar-refractivity contribution in [1.82, 2.24) is 15.1 Å². The molecule has 2 amide bonds. The van der Waals surface area contributed by atoms with Crippen LogP contribution in [0, 0.1) is 5.92 Å². The molecule has 112 valence electrons. The zero-order valence-electron chi connectivity index (χ0n) is 11.8. The number of carbonyl (C=O) groups is 2. The third-order valence-corrected chi connectivity index (χ3v) is 4.72. The second kappa shape index (κ2) is 6.10. The van der Waals surface area contributed by atoms with Crippen molar-refractivity contribution in [3.63, 3.8) is 0 Å². The van der Waals surface area contributed by atoms with Gasteiger partial charge in [0, 0.05) is 6.04 Å². The van der Waals surface area contributed by atoms with Crippen molar-refractivity contribution in [1.29, 1.82) is 0 Å². The number of ether oxygens (including phenoxy) is 1. The van der Waals surface area contributed by atoms with Crippen LogP contribution in [0.2, 0.25) is 0 Å². The summed E-state index contributed by atoms with van der Waals surface area (Å²) in [5, 5.41) is 3.58. The normalized spacial score (nSPS) is 28.9. The Kier molecular flexibility index (Phi) is 4.21. The molecule has 3 heterocycles. The number of piperidine rings is 1. The van der Waals surface area contributed by atoms with E-state index in [0.717, 1.165) is 38.4 Å². The monoisotopic (exact) mass is 281 g/mol. The van der Waals surface area contributed by atoms with Gasteiger partial charge in [0.2, 0.25) is 5.91 Å². The minimum absolute atomic E-state index is 0.120. The van der Waals surface area contributed by atoms with E-state index < -0.39 is 6.09 Å². The van der Waals surface area contributed by atoms with Crippen molar-refractivity contribution in [2.75, 3.05) is 39.3 Å². The van der Waals surface area contributed by atoms with E-state index in [0.29, 0.717) is 25.7 Å². The van der Waals surface area contributed by atoms with Crippen LogP contribution >= 0.6 is 0 Å². The highest BCUT2D eigenvalue weighted by Gasteiger charge is 2.32. The quantitative estimate of drug-likeness (QED) is 0.813. The Morgan fingerprint density at radius 2 is 2.05 bits per heavy atom. The van der Waals surface area contributed by atoms with Crippen molar-refractivity contribution in [3.8, 4) is 0 Å². The molecule has 0 aliphatic carbocycles. The van der Waals surface area contributed by atoms with E-state index in [1.165, 1.54) is 17.7 Å². The summed E-state index contributed by atoms with van der Waals surface area (Å²) < 4.78 is 4.80. The maximum absolute atomic E-state index is 12.0. The van der Waals surface area contributed by atoms with E-state index in [4.69, 9.17) is 4.74 Å². The molecule has 6 heteroatoms. The highest BCUT2D eigenvalue weighted by atomic mass is 16.6. The molecule has 0 aromatic carbocycles. The highest BCUT2D eigenvalue weighted by Crippen LogP contribution is 2.25. The molecule has 1 unspecified atom stereocenters. The fraction of sp³-hybridized carbons (Fsp3) is 0.857. The lowest BCUT2D eigenvalue weighted by atomic mass is 9.88. The Labute approximate surface area is 119 Å². The maximum atomic E-state index is 12.0. The number of rotatable bonds is 3. The van der Waals surface area contributed by atoms with Gasteiger partial charge in [-0.25, -0.2) is 9.69 Å². The first-order chi connectivity index (χ1) is 9.74. The van der Waals surface area contributed by atoms with E-state index in [-0.39, 0.29) is 5.91 Å². The van der Waals surface area contributed by atoms with E-state index in [9.17, 15) is 9.59 Å². The molecule has 0 aromatic rings. The number of nitrogens with one attached hydrogen (secondary N) is 1.